The molecule has 2 aromatic rings. The number of ether oxygens (including phenoxy) is 2. The zero-order chi connectivity index (χ0) is 14.7. The van der Waals surface area contributed by atoms with E-state index in [-0.39, 0.29) is 0 Å². The molecular formula is C16H17NO3. The van der Waals surface area contributed by atoms with Crippen molar-refractivity contribution in [2.24, 2.45) is 0 Å². The van der Waals surface area contributed by atoms with Crippen LogP contribution in [-0.2, 0) is 4.74 Å². The van der Waals surface area contributed by atoms with Crippen LogP contribution in [0.2, 0.25) is 0 Å². The number of esters is 1. The normalized spacial score (nSPS) is 10.2. The van der Waals surface area contributed by atoms with Crippen molar-refractivity contribution >= 4 is 5.97 Å². The van der Waals surface area contributed by atoms with Crippen LogP contribution in [0.15, 0.2) is 30.5 Å². The lowest BCUT2D eigenvalue weighted by Crippen LogP contribution is -2.06. The molecule has 0 amide bonds. The van der Waals surface area contributed by atoms with Gasteiger partial charge in [-0.1, -0.05) is 12.1 Å². The van der Waals surface area contributed by atoms with E-state index in [0.717, 1.165) is 28.1 Å². The van der Waals surface area contributed by atoms with E-state index in [9.17, 15) is 4.79 Å². The van der Waals surface area contributed by atoms with Crippen molar-refractivity contribution in [3.8, 4) is 16.9 Å². The van der Waals surface area contributed by atoms with Gasteiger partial charge in [0.2, 0.25) is 0 Å². The van der Waals surface area contributed by atoms with E-state index in [1.54, 1.807) is 13.3 Å². The number of carbonyl (C=O) groups excluding carboxylic acids is 1. The topological polar surface area (TPSA) is 48.4 Å². The number of benzene rings is 1. The summed E-state index contributed by atoms with van der Waals surface area (Å²) in [6, 6.07) is 7.65. The van der Waals surface area contributed by atoms with Gasteiger partial charge in [0, 0.05) is 23.0 Å². The highest BCUT2D eigenvalue weighted by Gasteiger charge is 2.18. The fourth-order valence-electron chi connectivity index (χ4n) is 2.20. The third kappa shape index (κ3) is 2.50. The molecule has 0 saturated carbocycles. The van der Waals surface area contributed by atoms with Gasteiger partial charge in [-0.3, -0.25) is 4.98 Å². The summed E-state index contributed by atoms with van der Waals surface area (Å²) < 4.78 is 10.2. The molecule has 20 heavy (non-hydrogen) atoms. The lowest BCUT2D eigenvalue weighted by Gasteiger charge is -2.14. The second-order valence-electron chi connectivity index (χ2n) is 4.52. The summed E-state index contributed by atoms with van der Waals surface area (Å²) in [6.45, 7) is 3.87. The van der Waals surface area contributed by atoms with Gasteiger partial charge in [-0.15, -0.1) is 0 Å². The summed E-state index contributed by atoms with van der Waals surface area (Å²) in [5.41, 5.74) is 3.96. The highest BCUT2D eigenvalue weighted by atomic mass is 16.5. The Morgan fingerprint density at radius 2 is 1.95 bits per heavy atom. The maximum Gasteiger partial charge on any atom is 0.340 e. The molecular weight excluding hydrogens is 254 g/mol. The second kappa shape index (κ2) is 5.74. The van der Waals surface area contributed by atoms with E-state index in [2.05, 4.69) is 4.98 Å². The number of rotatable bonds is 3. The van der Waals surface area contributed by atoms with Crippen LogP contribution >= 0.6 is 0 Å². The third-order valence-corrected chi connectivity index (χ3v) is 3.17. The van der Waals surface area contributed by atoms with E-state index in [4.69, 9.17) is 9.47 Å². The Kier molecular flexibility index (Phi) is 4.03. The summed E-state index contributed by atoms with van der Waals surface area (Å²) >= 11 is 0. The lowest BCUT2D eigenvalue weighted by atomic mass is 9.95. The Balaban J connectivity index is 2.75. The molecule has 4 heteroatoms. The molecule has 0 aliphatic rings. The average Bonchev–Trinajstić information content (AvgIpc) is 2.46. The maximum absolute atomic E-state index is 11.9. The minimum atomic E-state index is -0.405. The lowest BCUT2D eigenvalue weighted by molar-refractivity contribution is 0.0601. The van der Waals surface area contributed by atoms with E-state index < -0.39 is 5.97 Å². The molecule has 4 nitrogen and oxygen atoms in total. The molecule has 1 aromatic heterocycles. The van der Waals surface area contributed by atoms with Gasteiger partial charge in [-0.2, -0.15) is 0 Å². The summed E-state index contributed by atoms with van der Waals surface area (Å²) in [7, 11) is 2.98. The predicted octanol–water partition coefficient (Wildman–Crippen LogP) is 3.16. The zero-order valence-electron chi connectivity index (χ0n) is 12.1. The molecule has 0 radical (unpaired) electrons. The van der Waals surface area contributed by atoms with Gasteiger partial charge >= 0.3 is 5.97 Å². The Labute approximate surface area is 118 Å². The molecule has 0 unspecified atom stereocenters. The van der Waals surface area contributed by atoms with Gasteiger partial charge in [0.25, 0.3) is 0 Å². The van der Waals surface area contributed by atoms with Crippen molar-refractivity contribution in [3.05, 3.63) is 47.3 Å². The van der Waals surface area contributed by atoms with E-state index in [1.807, 2.05) is 38.1 Å². The van der Waals surface area contributed by atoms with E-state index >= 15 is 0 Å². The summed E-state index contributed by atoms with van der Waals surface area (Å²) in [4.78, 5) is 16.1. The fourth-order valence-corrected chi connectivity index (χ4v) is 2.20. The average molecular weight is 271 g/mol. The Bertz CT molecular complexity index is 650. The van der Waals surface area contributed by atoms with Gasteiger partial charge in [-0.25, -0.2) is 4.79 Å². The van der Waals surface area contributed by atoms with Crippen LogP contribution in [0.1, 0.15) is 21.6 Å². The van der Waals surface area contributed by atoms with Crippen LogP contribution < -0.4 is 4.74 Å². The molecule has 1 heterocycles. The SMILES string of the molecule is COC(=O)c1cnc(C)cc1-c1c(C)cccc1OC. The largest absolute Gasteiger partial charge is 0.496 e. The molecule has 0 aliphatic carbocycles. The second-order valence-corrected chi connectivity index (χ2v) is 4.52. The standard InChI is InChI=1S/C16H17NO3/c1-10-6-5-7-14(19-3)15(10)12-8-11(2)17-9-13(12)16(18)20-4/h5-9H,1-4H3. The van der Waals surface area contributed by atoms with Crippen LogP contribution in [0.3, 0.4) is 0 Å². The maximum atomic E-state index is 11.9. The van der Waals surface area contributed by atoms with Crippen LogP contribution in [-0.4, -0.2) is 25.2 Å². The molecule has 0 bridgehead atoms. The van der Waals surface area contributed by atoms with Crippen molar-refractivity contribution in [1.82, 2.24) is 4.98 Å². The number of carbonyl (C=O) groups is 1. The molecule has 104 valence electrons. The van der Waals surface area contributed by atoms with Crippen LogP contribution in [0.5, 0.6) is 5.75 Å². The zero-order valence-corrected chi connectivity index (χ0v) is 12.1. The van der Waals surface area contributed by atoms with Crippen LogP contribution in [0, 0.1) is 13.8 Å². The number of hydrogen-bond acceptors (Lipinski definition) is 4. The quantitative estimate of drug-likeness (QED) is 0.804. The van der Waals surface area contributed by atoms with Crippen molar-refractivity contribution in [2.45, 2.75) is 13.8 Å². The van der Waals surface area contributed by atoms with Crippen molar-refractivity contribution in [1.29, 1.82) is 0 Å². The van der Waals surface area contributed by atoms with Gasteiger partial charge in [0.1, 0.15) is 5.75 Å². The molecule has 2 rings (SSSR count). The van der Waals surface area contributed by atoms with Crippen LogP contribution in [0.25, 0.3) is 11.1 Å². The first-order valence-corrected chi connectivity index (χ1v) is 6.27. The van der Waals surface area contributed by atoms with Crippen molar-refractivity contribution in [2.75, 3.05) is 14.2 Å². The van der Waals surface area contributed by atoms with Crippen molar-refractivity contribution < 1.29 is 14.3 Å². The first-order valence-electron chi connectivity index (χ1n) is 6.27. The molecule has 0 fully saturated rings. The number of aromatic nitrogens is 1. The Morgan fingerprint density at radius 1 is 1.20 bits per heavy atom. The number of methoxy groups -OCH3 is 2. The summed E-state index contributed by atoms with van der Waals surface area (Å²) in [6.07, 6.45) is 1.54. The highest BCUT2D eigenvalue weighted by molar-refractivity contribution is 5.98. The molecule has 0 aliphatic heterocycles. The molecule has 0 atom stereocenters. The molecule has 0 spiro atoms. The Hall–Kier alpha value is -2.36. The number of aryl methyl sites for hydroxylation is 2. The molecule has 0 saturated heterocycles. The van der Waals surface area contributed by atoms with Gasteiger partial charge in [0.05, 0.1) is 19.8 Å². The smallest absolute Gasteiger partial charge is 0.340 e. The minimum absolute atomic E-state index is 0.405. The van der Waals surface area contributed by atoms with Crippen molar-refractivity contribution in [3.63, 3.8) is 0 Å². The molecule has 1 aromatic carbocycles. The summed E-state index contributed by atoms with van der Waals surface area (Å²) in [5.74, 6) is 0.318. The van der Waals surface area contributed by atoms with E-state index in [0.29, 0.717) is 5.56 Å². The van der Waals surface area contributed by atoms with Gasteiger partial charge in [-0.05, 0) is 31.5 Å². The van der Waals surface area contributed by atoms with Crippen LogP contribution in [0.4, 0.5) is 0 Å². The predicted molar refractivity (Wildman–Crippen MR) is 77.0 cm³/mol. The number of nitrogens with zero attached hydrogens (tertiary/aromatic N) is 1. The first kappa shape index (κ1) is 14.1. The monoisotopic (exact) mass is 271 g/mol. The van der Waals surface area contributed by atoms with Gasteiger partial charge < -0.3 is 9.47 Å². The minimum Gasteiger partial charge on any atom is -0.496 e. The number of hydrogen-bond donors (Lipinski definition) is 0. The fraction of sp³-hybridized carbons (Fsp3) is 0.250. The van der Waals surface area contributed by atoms with Gasteiger partial charge in [0.15, 0.2) is 0 Å². The number of pyridine rings is 1. The molecule has 0 N–H and O–H groups in total. The van der Waals surface area contributed by atoms with E-state index in [1.165, 1.54) is 7.11 Å². The Morgan fingerprint density at radius 3 is 2.60 bits per heavy atom. The summed E-state index contributed by atoms with van der Waals surface area (Å²) in [5, 5.41) is 0. The highest BCUT2D eigenvalue weighted by Crippen LogP contribution is 2.35. The third-order valence-electron chi connectivity index (χ3n) is 3.17. The first-order chi connectivity index (χ1) is 9.58.